The maximum atomic E-state index is 11.7. The summed E-state index contributed by atoms with van der Waals surface area (Å²) in [6.45, 7) is 4.51. The number of likely N-dealkylation sites (tertiary alicyclic amines) is 1. The van der Waals surface area contributed by atoms with Crippen LogP contribution in [-0.2, 0) is 9.53 Å². The molecule has 0 unspecified atom stereocenters. The van der Waals surface area contributed by atoms with Crippen molar-refractivity contribution in [3.63, 3.8) is 0 Å². The van der Waals surface area contributed by atoms with Crippen LogP contribution in [0.25, 0.3) is 0 Å². The lowest BCUT2D eigenvalue weighted by molar-refractivity contribution is -0.150. The van der Waals surface area contributed by atoms with Crippen molar-refractivity contribution in [2.24, 2.45) is 5.92 Å². The fourth-order valence-corrected chi connectivity index (χ4v) is 3.06. The Labute approximate surface area is 98.1 Å². The van der Waals surface area contributed by atoms with E-state index in [0.717, 1.165) is 25.4 Å². The molecule has 1 aliphatic heterocycles. The molecule has 0 amide bonds. The third kappa shape index (κ3) is 2.76. The van der Waals surface area contributed by atoms with Gasteiger partial charge in [-0.05, 0) is 39.2 Å². The van der Waals surface area contributed by atoms with Crippen molar-refractivity contribution >= 4 is 5.97 Å². The Morgan fingerprint density at radius 1 is 1.25 bits per heavy atom. The van der Waals surface area contributed by atoms with E-state index in [2.05, 4.69) is 4.90 Å². The van der Waals surface area contributed by atoms with Gasteiger partial charge in [-0.2, -0.15) is 0 Å². The Kier molecular flexibility index (Phi) is 4.22. The molecule has 1 saturated carbocycles. The van der Waals surface area contributed by atoms with E-state index < -0.39 is 0 Å². The van der Waals surface area contributed by atoms with Crippen LogP contribution < -0.4 is 0 Å². The Hall–Kier alpha value is -0.570. The minimum atomic E-state index is 0.0187. The average molecular weight is 225 g/mol. The zero-order valence-corrected chi connectivity index (χ0v) is 10.3. The van der Waals surface area contributed by atoms with Crippen molar-refractivity contribution in [1.29, 1.82) is 0 Å². The third-order valence-corrected chi connectivity index (χ3v) is 3.91. The maximum Gasteiger partial charge on any atom is 0.310 e. The second-order valence-electron chi connectivity index (χ2n) is 5.02. The molecule has 16 heavy (non-hydrogen) atoms. The maximum absolute atomic E-state index is 11.7. The van der Waals surface area contributed by atoms with E-state index in [-0.39, 0.29) is 11.9 Å². The van der Waals surface area contributed by atoms with Crippen LogP contribution in [0.5, 0.6) is 0 Å². The molecular formula is C13H23NO2. The summed E-state index contributed by atoms with van der Waals surface area (Å²) in [4.78, 5) is 14.2. The van der Waals surface area contributed by atoms with Gasteiger partial charge in [-0.1, -0.05) is 12.8 Å². The molecule has 1 heterocycles. The molecule has 0 radical (unpaired) electrons. The van der Waals surface area contributed by atoms with Gasteiger partial charge in [-0.3, -0.25) is 9.69 Å². The Bertz CT molecular complexity index is 236. The monoisotopic (exact) mass is 225 g/mol. The normalized spacial score (nSPS) is 28.2. The number of carbonyl (C=O) groups excluding carboxylic acids is 1. The summed E-state index contributed by atoms with van der Waals surface area (Å²) in [6, 6.07) is 0.747. The van der Waals surface area contributed by atoms with Gasteiger partial charge in [0.1, 0.15) is 0 Å². The predicted molar refractivity (Wildman–Crippen MR) is 63.2 cm³/mol. The SMILES string of the molecule is CCOC(=O)[C@H]1CCCN(C2CCCC2)C1. The van der Waals surface area contributed by atoms with Gasteiger partial charge in [0.25, 0.3) is 0 Å². The summed E-state index contributed by atoms with van der Waals surface area (Å²) in [5, 5.41) is 0. The minimum absolute atomic E-state index is 0.0187. The number of carbonyl (C=O) groups is 1. The largest absolute Gasteiger partial charge is 0.466 e. The van der Waals surface area contributed by atoms with E-state index in [0.29, 0.717) is 6.61 Å². The Balaban J connectivity index is 1.85. The number of piperidine rings is 1. The van der Waals surface area contributed by atoms with E-state index in [4.69, 9.17) is 4.74 Å². The third-order valence-electron chi connectivity index (χ3n) is 3.91. The fourth-order valence-electron chi connectivity index (χ4n) is 3.06. The highest BCUT2D eigenvalue weighted by Gasteiger charge is 2.31. The standard InChI is InChI=1S/C13H23NO2/c1-2-16-13(15)11-6-5-9-14(10-11)12-7-3-4-8-12/h11-12H,2-10H2,1H3/t11-/m0/s1. The quantitative estimate of drug-likeness (QED) is 0.690. The summed E-state index contributed by atoms with van der Waals surface area (Å²) < 4.78 is 5.13. The van der Waals surface area contributed by atoms with Gasteiger partial charge in [0.15, 0.2) is 0 Å². The van der Waals surface area contributed by atoms with Crippen LogP contribution in [0.4, 0.5) is 0 Å². The van der Waals surface area contributed by atoms with Crippen molar-refractivity contribution in [1.82, 2.24) is 4.90 Å². The average Bonchev–Trinajstić information content (AvgIpc) is 2.83. The number of esters is 1. The van der Waals surface area contributed by atoms with Crippen LogP contribution in [0.2, 0.25) is 0 Å². The second-order valence-corrected chi connectivity index (χ2v) is 5.02. The molecule has 1 saturated heterocycles. The van der Waals surface area contributed by atoms with E-state index in [1.807, 2.05) is 6.92 Å². The molecule has 0 aromatic heterocycles. The van der Waals surface area contributed by atoms with Gasteiger partial charge in [0, 0.05) is 12.6 Å². The smallest absolute Gasteiger partial charge is 0.310 e. The second kappa shape index (κ2) is 5.67. The molecule has 0 bridgehead atoms. The van der Waals surface area contributed by atoms with Gasteiger partial charge >= 0.3 is 5.97 Å². The molecule has 1 aliphatic carbocycles. The van der Waals surface area contributed by atoms with Crippen LogP contribution >= 0.6 is 0 Å². The van der Waals surface area contributed by atoms with Crippen LogP contribution in [0.15, 0.2) is 0 Å². The van der Waals surface area contributed by atoms with Crippen LogP contribution in [-0.4, -0.2) is 36.6 Å². The van der Waals surface area contributed by atoms with E-state index in [9.17, 15) is 4.79 Å². The molecule has 92 valence electrons. The zero-order chi connectivity index (χ0) is 11.4. The lowest BCUT2D eigenvalue weighted by Gasteiger charge is -2.35. The van der Waals surface area contributed by atoms with E-state index in [1.165, 1.54) is 32.2 Å². The van der Waals surface area contributed by atoms with Gasteiger partial charge in [-0.25, -0.2) is 0 Å². The van der Waals surface area contributed by atoms with Gasteiger partial charge in [0.2, 0.25) is 0 Å². The fraction of sp³-hybridized carbons (Fsp3) is 0.923. The van der Waals surface area contributed by atoms with Crippen molar-refractivity contribution in [3.8, 4) is 0 Å². The summed E-state index contributed by atoms with van der Waals surface area (Å²) in [7, 11) is 0. The molecule has 0 aromatic carbocycles. The van der Waals surface area contributed by atoms with Crippen LogP contribution in [0.3, 0.4) is 0 Å². The van der Waals surface area contributed by atoms with Crippen molar-refractivity contribution in [2.75, 3.05) is 19.7 Å². The predicted octanol–water partition coefficient (Wildman–Crippen LogP) is 2.20. The van der Waals surface area contributed by atoms with Crippen molar-refractivity contribution in [3.05, 3.63) is 0 Å². The molecular weight excluding hydrogens is 202 g/mol. The molecule has 2 aliphatic rings. The lowest BCUT2D eigenvalue weighted by atomic mass is 9.96. The van der Waals surface area contributed by atoms with Crippen molar-refractivity contribution < 1.29 is 9.53 Å². The highest BCUT2D eigenvalue weighted by atomic mass is 16.5. The molecule has 0 spiro atoms. The molecule has 2 rings (SSSR count). The lowest BCUT2D eigenvalue weighted by Crippen LogP contribution is -2.44. The van der Waals surface area contributed by atoms with Gasteiger partial charge < -0.3 is 4.74 Å². The topological polar surface area (TPSA) is 29.5 Å². The number of rotatable bonds is 3. The first-order valence-corrected chi connectivity index (χ1v) is 6.72. The summed E-state index contributed by atoms with van der Waals surface area (Å²) in [6.07, 6.45) is 7.56. The molecule has 3 heteroatoms. The van der Waals surface area contributed by atoms with Crippen LogP contribution in [0, 0.1) is 5.92 Å². The Morgan fingerprint density at radius 2 is 2.00 bits per heavy atom. The van der Waals surface area contributed by atoms with Gasteiger partial charge in [-0.15, -0.1) is 0 Å². The van der Waals surface area contributed by atoms with E-state index in [1.54, 1.807) is 0 Å². The highest BCUT2D eigenvalue weighted by Crippen LogP contribution is 2.28. The molecule has 0 N–H and O–H groups in total. The zero-order valence-electron chi connectivity index (χ0n) is 10.3. The van der Waals surface area contributed by atoms with Crippen molar-refractivity contribution in [2.45, 2.75) is 51.5 Å². The first-order valence-electron chi connectivity index (χ1n) is 6.72. The number of nitrogens with zero attached hydrogens (tertiary/aromatic N) is 1. The molecule has 1 atom stereocenters. The first kappa shape index (κ1) is 11.9. The Morgan fingerprint density at radius 3 is 2.69 bits per heavy atom. The van der Waals surface area contributed by atoms with Crippen LogP contribution in [0.1, 0.15) is 45.4 Å². The summed E-state index contributed by atoms with van der Waals surface area (Å²) >= 11 is 0. The first-order chi connectivity index (χ1) is 7.81. The molecule has 0 aromatic rings. The number of ether oxygens (including phenoxy) is 1. The minimum Gasteiger partial charge on any atom is -0.466 e. The highest BCUT2D eigenvalue weighted by molar-refractivity contribution is 5.72. The van der Waals surface area contributed by atoms with Gasteiger partial charge in [0.05, 0.1) is 12.5 Å². The number of hydrogen-bond donors (Lipinski definition) is 0. The summed E-state index contributed by atoms with van der Waals surface area (Å²) in [5.74, 6) is 0.152. The molecule has 3 nitrogen and oxygen atoms in total. The summed E-state index contributed by atoms with van der Waals surface area (Å²) in [5.41, 5.74) is 0. The molecule has 2 fully saturated rings. The van der Waals surface area contributed by atoms with E-state index >= 15 is 0 Å². The number of hydrogen-bond acceptors (Lipinski definition) is 3.